The van der Waals surface area contributed by atoms with E-state index in [0.29, 0.717) is 5.75 Å². The second-order valence-electron chi connectivity index (χ2n) is 5.95. The number of non-ortho nitro benzene ring substituents is 1. The summed E-state index contributed by atoms with van der Waals surface area (Å²) in [6.07, 6.45) is 0. The number of carbonyl (C=O) groups is 2. The van der Waals surface area contributed by atoms with Crippen molar-refractivity contribution in [2.75, 3.05) is 20.3 Å². The van der Waals surface area contributed by atoms with E-state index < -0.39 is 16.8 Å². The highest BCUT2D eigenvalue weighted by atomic mass is 16.6. The van der Waals surface area contributed by atoms with Crippen LogP contribution in [0.1, 0.15) is 31.8 Å². The maximum Gasteiger partial charge on any atom is 0.338 e. The first kappa shape index (κ1) is 19.9. The first-order valence-corrected chi connectivity index (χ1v) is 8.17. The summed E-state index contributed by atoms with van der Waals surface area (Å²) >= 11 is 0. The lowest BCUT2D eigenvalue weighted by Crippen LogP contribution is -2.28. The average Bonchev–Trinajstić information content (AvgIpc) is 2.63. The summed E-state index contributed by atoms with van der Waals surface area (Å²) in [6.45, 7) is 4.35. The molecular formula is C19H20N2O6. The molecule has 1 N–H and O–H groups in total. The van der Waals surface area contributed by atoms with Gasteiger partial charge in [0, 0.05) is 17.7 Å². The average molecular weight is 372 g/mol. The predicted octanol–water partition coefficient (Wildman–Crippen LogP) is 2.81. The lowest BCUT2D eigenvalue weighted by Gasteiger charge is -2.10. The van der Waals surface area contributed by atoms with Crippen molar-refractivity contribution >= 4 is 17.6 Å². The number of nitrogens with one attached hydrogen (secondary N) is 1. The predicted molar refractivity (Wildman–Crippen MR) is 98.2 cm³/mol. The summed E-state index contributed by atoms with van der Waals surface area (Å²) < 4.78 is 10.2. The SMILES string of the molecule is COC(=O)c1cc(C(=O)NCCOc2cc(C)cc(C)c2)cc([N+](=O)[O-])c1. The van der Waals surface area contributed by atoms with Crippen LogP contribution < -0.4 is 10.1 Å². The minimum Gasteiger partial charge on any atom is -0.492 e. The van der Waals surface area contributed by atoms with Gasteiger partial charge in [0.2, 0.25) is 0 Å². The summed E-state index contributed by atoms with van der Waals surface area (Å²) in [5.41, 5.74) is 1.70. The molecule has 142 valence electrons. The van der Waals surface area contributed by atoms with Crippen LogP contribution in [0.4, 0.5) is 5.69 Å². The molecule has 0 saturated carbocycles. The Labute approximate surface area is 156 Å². The minimum atomic E-state index is -0.758. The molecule has 27 heavy (non-hydrogen) atoms. The normalized spacial score (nSPS) is 10.2. The fourth-order valence-corrected chi connectivity index (χ4v) is 2.54. The number of rotatable bonds is 7. The minimum absolute atomic E-state index is 0.00370. The van der Waals surface area contributed by atoms with E-state index in [1.54, 1.807) is 0 Å². The van der Waals surface area contributed by atoms with Crippen molar-refractivity contribution in [3.8, 4) is 5.75 Å². The standard InChI is InChI=1S/C19H20N2O6/c1-12-6-13(2)8-17(7-12)27-5-4-20-18(22)14-9-15(19(23)26-3)11-16(10-14)21(24)25/h6-11H,4-5H2,1-3H3,(H,20,22). The van der Waals surface area contributed by atoms with Crippen LogP contribution in [0.25, 0.3) is 0 Å². The molecule has 2 aromatic rings. The number of hydrogen-bond acceptors (Lipinski definition) is 6. The molecule has 8 nitrogen and oxygen atoms in total. The number of ether oxygens (including phenoxy) is 2. The number of methoxy groups -OCH3 is 1. The number of hydrogen-bond donors (Lipinski definition) is 1. The Morgan fingerprint density at radius 1 is 1.04 bits per heavy atom. The number of nitrogens with zero attached hydrogens (tertiary/aromatic N) is 1. The molecule has 2 rings (SSSR count). The van der Waals surface area contributed by atoms with Gasteiger partial charge >= 0.3 is 5.97 Å². The third-order valence-corrected chi connectivity index (χ3v) is 3.66. The highest BCUT2D eigenvalue weighted by Crippen LogP contribution is 2.18. The van der Waals surface area contributed by atoms with Gasteiger partial charge in [0.15, 0.2) is 0 Å². The zero-order valence-corrected chi connectivity index (χ0v) is 15.3. The van der Waals surface area contributed by atoms with Gasteiger partial charge in [-0.2, -0.15) is 0 Å². The number of carbonyl (C=O) groups excluding carboxylic acids is 2. The van der Waals surface area contributed by atoms with Gasteiger partial charge < -0.3 is 14.8 Å². The number of benzene rings is 2. The Bertz CT molecular complexity index is 858. The molecule has 0 spiro atoms. The van der Waals surface area contributed by atoms with E-state index in [2.05, 4.69) is 10.1 Å². The van der Waals surface area contributed by atoms with Crippen molar-refractivity contribution in [3.05, 3.63) is 68.8 Å². The molecule has 0 heterocycles. The van der Waals surface area contributed by atoms with Crippen molar-refractivity contribution in [2.24, 2.45) is 0 Å². The van der Waals surface area contributed by atoms with Gasteiger partial charge in [-0.3, -0.25) is 14.9 Å². The molecule has 0 atom stereocenters. The molecule has 0 saturated heterocycles. The third kappa shape index (κ3) is 5.53. The Balaban J connectivity index is 2.01. The number of nitro benzene ring substituents is 1. The molecule has 2 aromatic carbocycles. The summed E-state index contributed by atoms with van der Waals surface area (Å²) in [5.74, 6) is -0.608. The van der Waals surface area contributed by atoms with Gasteiger partial charge in [0.1, 0.15) is 12.4 Å². The Hall–Kier alpha value is -3.42. The molecule has 8 heteroatoms. The molecular weight excluding hydrogens is 352 g/mol. The highest BCUT2D eigenvalue weighted by molar-refractivity contribution is 5.98. The summed E-state index contributed by atoms with van der Waals surface area (Å²) in [6, 6.07) is 9.21. The highest BCUT2D eigenvalue weighted by Gasteiger charge is 2.18. The Morgan fingerprint density at radius 2 is 1.67 bits per heavy atom. The van der Waals surface area contributed by atoms with Crippen LogP contribution in [-0.4, -0.2) is 37.1 Å². The van der Waals surface area contributed by atoms with E-state index in [4.69, 9.17) is 4.74 Å². The zero-order valence-electron chi connectivity index (χ0n) is 15.3. The summed E-state index contributed by atoms with van der Waals surface area (Å²) in [5, 5.41) is 13.6. The van der Waals surface area contributed by atoms with Crippen LogP contribution in [0.5, 0.6) is 5.75 Å². The van der Waals surface area contributed by atoms with E-state index >= 15 is 0 Å². The van der Waals surface area contributed by atoms with E-state index in [1.807, 2.05) is 32.0 Å². The van der Waals surface area contributed by atoms with Crippen molar-refractivity contribution in [3.63, 3.8) is 0 Å². The fraction of sp³-hybridized carbons (Fsp3) is 0.263. The lowest BCUT2D eigenvalue weighted by atomic mass is 10.1. The second-order valence-corrected chi connectivity index (χ2v) is 5.95. The quantitative estimate of drug-likeness (QED) is 0.346. The largest absolute Gasteiger partial charge is 0.492 e. The molecule has 0 fully saturated rings. The van der Waals surface area contributed by atoms with E-state index in [1.165, 1.54) is 6.07 Å². The lowest BCUT2D eigenvalue weighted by molar-refractivity contribution is -0.384. The van der Waals surface area contributed by atoms with Crippen LogP contribution in [0.2, 0.25) is 0 Å². The Morgan fingerprint density at radius 3 is 2.26 bits per heavy atom. The molecule has 0 radical (unpaired) electrons. The van der Waals surface area contributed by atoms with Crippen molar-refractivity contribution < 1.29 is 24.0 Å². The second kappa shape index (κ2) is 8.79. The van der Waals surface area contributed by atoms with E-state index in [9.17, 15) is 19.7 Å². The summed E-state index contributed by atoms with van der Waals surface area (Å²) in [4.78, 5) is 34.2. The molecule has 0 unspecified atom stereocenters. The first-order valence-electron chi connectivity index (χ1n) is 8.17. The van der Waals surface area contributed by atoms with Crippen molar-refractivity contribution in [1.29, 1.82) is 0 Å². The molecule has 0 aliphatic rings. The maximum absolute atomic E-state index is 12.3. The molecule has 0 aromatic heterocycles. The van der Waals surface area contributed by atoms with Crippen LogP contribution in [-0.2, 0) is 4.74 Å². The van der Waals surface area contributed by atoms with E-state index in [-0.39, 0.29) is 30.0 Å². The van der Waals surface area contributed by atoms with Crippen LogP contribution >= 0.6 is 0 Å². The smallest absolute Gasteiger partial charge is 0.338 e. The zero-order chi connectivity index (χ0) is 20.0. The number of aryl methyl sites for hydroxylation is 2. The van der Waals surface area contributed by atoms with Gasteiger partial charge in [-0.25, -0.2) is 4.79 Å². The van der Waals surface area contributed by atoms with Crippen LogP contribution in [0.15, 0.2) is 36.4 Å². The van der Waals surface area contributed by atoms with Gasteiger partial charge in [-0.1, -0.05) is 6.07 Å². The number of nitro groups is 1. The molecule has 0 aliphatic heterocycles. The molecule has 0 aliphatic carbocycles. The maximum atomic E-state index is 12.3. The first-order chi connectivity index (χ1) is 12.8. The molecule has 1 amide bonds. The monoisotopic (exact) mass is 372 g/mol. The van der Waals surface area contributed by atoms with E-state index in [0.717, 1.165) is 30.4 Å². The van der Waals surface area contributed by atoms with Gasteiger partial charge in [0.05, 0.1) is 24.1 Å². The third-order valence-electron chi connectivity index (χ3n) is 3.66. The van der Waals surface area contributed by atoms with Crippen LogP contribution in [0, 0.1) is 24.0 Å². The number of amides is 1. The van der Waals surface area contributed by atoms with Crippen molar-refractivity contribution in [2.45, 2.75) is 13.8 Å². The topological polar surface area (TPSA) is 108 Å². The van der Waals surface area contributed by atoms with Gasteiger partial charge in [-0.05, 0) is 43.2 Å². The summed E-state index contributed by atoms with van der Waals surface area (Å²) in [7, 11) is 1.16. The van der Waals surface area contributed by atoms with Gasteiger partial charge in [-0.15, -0.1) is 0 Å². The van der Waals surface area contributed by atoms with Gasteiger partial charge in [0.25, 0.3) is 11.6 Å². The van der Waals surface area contributed by atoms with Crippen LogP contribution in [0.3, 0.4) is 0 Å². The Kier molecular flexibility index (Phi) is 6.48. The number of esters is 1. The fourth-order valence-electron chi connectivity index (χ4n) is 2.54. The van der Waals surface area contributed by atoms with Crippen molar-refractivity contribution in [1.82, 2.24) is 5.32 Å². The molecule has 0 bridgehead atoms.